The Morgan fingerprint density at radius 3 is 2.06 bits per heavy atom. The van der Waals surface area contributed by atoms with Crippen molar-refractivity contribution < 1.29 is 28.5 Å². The Labute approximate surface area is 309 Å². The summed E-state index contributed by atoms with van der Waals surface area (Å²) in [5.74, 6) is 1.80. The number of methoxy groups -OCH3 is 2. The van der Waals surface area contributed by atoms with Crippen LogP contribution in [0.5, 0.6) is 11.5 Å². The number of H-pyrrole nitrogens is 1. The van der Waals surface area contributed by atoms with Crippen molar-refractivity contribution in [1.82, 2.24) is 23.9 Å². The van der Waals surface area contributed by atoms with E-state index < -0.39 is 38.5 Å². The van der Waals surface area contributed by atoms with Crippen LogP contribution in [0.25, 0.3) is 16.9 Å². The van der Waals surface area contributed by atoms with Gasteiger partial charge >= 0.3 is 0 Å². The molecule has 2 N–H and O–H groups in total. The van der Waals surface area contributed by atoms with Gasteiger partial charge < -0.3 is 33.5 Å². The number of nitrogens with zero attached hydrogens (tertiary/aromatic N) is 4. The Morgan fingerprint density at radius 2 is 1.49 bits per heavy atom. The monoisotopic (exact) mass is 737 g/mol. The van der Waals surface area contributed by atoms with Crippen LogP contribution < -0.4 is 15.0 Å². The van der Waals surface area contributed by atoms with Gasteiger partial charge in [0.15, 0.2) is 25.7 Å². The third-order valence-corrected chi connectivity index (χ3v) is 15.2. The second-order valence-electron chi connectivity index (χ2n) is 15.1. The van der Waals surface area contributed by atoms with E-state index in [1.54, 1.807) is 25.0 Å². The van der Waals surface area contributed by atoms with E-state index in [9.17, 15) is 9.90 Å². The second-order valence-corrected chi connectivity index (χ2v) is 19.8. The first kappa shape index (κ1) is 36.6. The van der Waals surface area contributed by atoms with E-state index in [4.69, 9.17) is 28.4 Å². The lowest BCUT2D eigenvalue weighted by Gasteiger charge is -2.40. The van der Waals surface area contributed by atoms with Gasteiger partial charge in [-0.3, -0.25) is 9.36 Å². The van der Waals surface area contributed by atoms with Crippen LogP contribution in [0.2, 0.25) is 18.1 Å². The zero-order valence-corrected chi connectivity index (χ0v) is 32.4. The summed E-state index contributed by atoms with van der Waals surface area (Å²) >= 11 is 0. The number of aromatic nitrogens is 5. The van der Waals surface area contributed by atoms with Crippen molar-refractivity contribution >= 4 is 25.3 Å². The highest BCUT2D eigenvalue weighted by atomic mass is 28.4. The Hall–Kier alpha value is -4.79. The number of rotatable bonds is 11. The van der Waals surface area contributed by atoms with E-state index in [1.807, 2.05) is 85.8 Å². The van der Waals surface area contributed by atoms with Crippen molar-refractivity contribution in [1.29, 1.82) is 0 Å². The molecule has 12 nitrogen and oxygen atoms in total. The van der Waals surface area contributed by atoms with Gasteiger partial charge in [0, 0.05) is 11.9 Å². The molecular weight excluding hydrogens is 691 g/mol. The number of ether oxygens (including phenoxy) is 4. The van der Waals surface area contributed by atoms with Crippen molar-refractivity contribution in [3.63, 3.8) is 0 Å². The third-order valence-electron chi connectivity index (χ3n) is 10.7. The van der Waals surface area contributed by atoms with Crippen LogP contribution in [0.1, 0.15) is 49.4 Å². The van der Waals surface area contributed by atoms with Crippen LogP contribution in [0.3, 0.4) is 0 Å². The molecular formula is C40H47N5O7Si. The van der Waals surface area contributed by atoms with E-state index in [2.05, 4.69) is 43.8 Å². The van der Waals surface area contributed by atoms with Crippen LogP contribution in [0.15, 0.2) is 96.2 Å². The standard InChI is InChI=1S/C40H47N5O7Si/c1-25-22-44-36(47)32-35(43-38(44)42-25)45(24-41-32)37-34(52-53(7,8)39(2,3)4)33(46)31(51-37)23-50-40(26-12-10-9-11-13-26,27-14-18-29(48-5)19-15-27)28-16-20-30(49-6)21-17-28/h9-22,24,31,33-34,37,46H,23H2,1-8H3,(H,42,43)/t31-,33-,34-,37-/m1/s1. The molecule has 4 heterocycles. The molecule has 6 aromatic rings. The molecule has 1 aliphatic rings. The van der Waals surface area contributed by atoms with Crippen LogP contribution in [0, 0.1) is 6.92 Å². The number of aliphatic hydroxyl groups is 1. The normalized spacial score (nSPS) is 19.6. The topological polar surface area (TPSA) is 134 Å². The molecule has 1 aliphatic heterocycles. The maximum atomic E-state index is 13.5. The molecule has 7 rings (SSSR count). The highest BCUT2D eigenvalue weighted by molar-refractivity contribution is 6.74. The molecule has 13 heteroatoms. The molecule has 0 unspecified atom stereocenters. The number of imidazole rings is 2. The van der Waals surface area contributed by atoms with Gasteiger partial charge in [0.05, 0.1) is 27.2 Å². The summed E-state index contributed by atoms with van der Waals surface area (Å²) in [4.78, 5) is 25.9. The Balaban J connectivity index is 1.32. The van der Waals surface area contributed by atoms with Gasteiger partial charge in [-0.1, -0.05) is 75.4 Å². The van der Waals surface area contributed by atoms with E-state index in [-0.39, 0.29) is 22.7 Å². The highest BCUT2D eigenvalue weighted by Crippen LogP contribution is 2.45. The zero-order chi connectivity index (χ0) is 37.7. The van der Waals surface area contributed by atoms with Crippen LogP contribution in [-0.4, -0.2) is 76.5 Å². The fourth-order valence-electron chi connectivity index (χ4n) is 6.78. The lowest BCUT2D eigenvalue weighted by molar-refractivity contribution is -0.0940. The van der Waals surface area contributed by atoms with Crippen LogP contribution >= 0.6 is 0 Å². The second kappa shape index (κ2) is 13.9. The number of aliphatic hydroxyl groups excluding tert-OH is 1. The first-order valence-electron chi connectivity index (χ1n) is 17.7. The number of aromatic amines is 1. The molecule has 4 atom stereocenters. The number of aryl methyl sites for hydroxylation is 1. The molecule has 0 saturated carbocycles. The molecule has 0 aliphatic carbocycles. The lowest BCUT2D eigenvalue weighted by atomic mass is 9.80. The van der Waals surface area contributed by atoms with E-state index >= 15 is 0 Å². The molecule has 0 radical (unpaired) electrons. The number of fused-ring (bicyclic) bond motifs is 2. The summed E-state index contributed by atoms with van der Waals surface area (Å²) < 4.78 is 35.1. The first-order valence-corrected chi connectivity index (χ1v) is 20.6. The summed E-state index contributed by atoms with van der Waals surface area (Å²) in [6.45, 7) is 12.5. The zero-order valence-electron chi connectivity index (χ0n) is 31.4. The lowest BCUT2D eigenvalue weighted by Crippen LogP contribution is -2.49. The van der Waals surface area contributed by atoms with Crippen LogP contribution in [0.4, 0.5) is 0 Å². The first-order chi connectivity index (χ1) is 25.3. The Morgan fingerprint density at radius 1 is 0.906 bits per heavy atom. The molecule has 3 aromatic heterocycles. The van der Waals surface area contributed by atoms with Crippen LogP contribution in [-0.2, 0) is 19.5 Å². The van der Waals surface area contributed by atoms with Crippen molar-refractivity contribution in [2.45, 2.75) is 76.0 Å². The summed E-state index contributed by atoms with van der Waals surface area (Å²) in [5, 5.41) is 12.1. The van der Waals surface area contributed by atoms with Gasteiger partial charge in [-0.2, -0.15) is 4.98 Å². The van der Waals surface area contributed by atoms with Crippen molar-refractivity contribution in [2.24, 2.45) is 0 Å². The predicted molar refractivity (Wildman–Crippen MR) is 204 cm³/mol. The number of hydrogen-bond donors (Lipinski definition) is 2. The fourth-order valence-corrected chi connectivity index (χ4v) is 8.07. The highest BCUT2D eigenvalue weighted by Gasteiger charge is 2.52. The molecule has 0 amide bonds. The Kier molecular flexibility index (Phi) is 9.58. The van der Waals surface area contributed by atoms with Gasteiger partial charge in [-0.05, 0) is 66.0 Å². The summed E-state index contributed by atoms with van der Waals surface area (Å²) in [6, 6.07) is 25.5. The smallest absolute Gasteiger partial charge is 0.287 e. The molecule has 1 fully saturated rings. The van der Waals surface area contributed by atoms with Crippen molar-refractivity contribution in [3.05, 3.63) is 124 Å². The summed E-state index contributed by atoms with van der Waals surface area (Å²) in [5.41, 5.74) is 2.44. The quantitative estimate of drug-likeness (QED) is 0.115. The summed E-state index contributed by atoms with van der Waals surface area (Å²) in [7, 11) is 0.786. The molecule has 278 valence electrons. The van der Waals surface area contributed by atoms with Crippen molar-refractivity contribution in [3.8, 4) is 11.5 Å². The SMILES string of the molecule is COc1ccc(C(OC[C@H]2O[C@@H](n3cnc4c(=O)n5cc(C)[nH]c5nc43)[C@H](O[Si](C)(C)C(C)(C)C)[C@@H]2O)(c2ccccc2)c2ccc(OC)cc2)cc1. The molecule has 3 aromatic carbocycles. The number of hydrogen-bond acceptors (Lipinski definition) is 9. The van der Waals surface area contributed by atoms with Gasteiger partial charge in [0.1, 0.15) is 35.4 Å². The molecule has 0 bridgehead atoms. The third kappa shape index (κ3) is 6.46. The van der Waals surface area contributed by atoms with Gasteiger partial charge in [-0.25, -0.2) is 9.38 Å². The maximum absolute atomic E-state index is 13.5. The largest absolute Gasteiger partial charge is 0.497 e. The Bertz CT molecular complexity index is 2210. The summed E-state index contributed by atoms with van der Waals surface area (Å²) in [6.07, 6.45) is -0.400. The molecule has 0 spiro atoms. The minimum atomic E-state index is -2.48. The molecule has 1 saturated heterocycles. The minimum absolute atomic E-state index is 0.0231. The van der Waals surface area contributed by atoms with Gasteiger partial charge in [0.2, 0.25) is 5.78 Å². The van der Waals surface area contributed by atoms with E-state index in [1.165, 1.54) is 10.7 Å². The van der Waals surface area contributed by atoms with E-state index in [0.29, 0.717) is 22.9 Å². The van der Waals surface area contributed by atoms with Crippen molar-refractivity contribution in [2.75, 3.05) is 20.8 Å². The average molecular weight is 738 g/mol. The molecule has 53 heavy (non-hydrogen) atoms. The minimum Gasteiger partial charge on any atom is -0.497 e. The predicted octanol–water partition coefficient (Wildman–Crippen LogP) is 6.36. The number of benzene rings is 3. The van der Waals surface area contributed by atoms with Gasteiger partial charge in [0.25, 0.3) is 5.56 Å². The average Bonchev–Trinajstić information content (AvgIpc) is 3.83. The van der Waals surface area contributed by atoms with Gasteiger partial charge in [-0.15, -0.1) is 0 Å². The fraction of sp³-hybridized carbons (Fsp3) is 0.375. The maximum Gasteiger partial charge on any atom is 0.287 e. The number of nitrogens with one attached hydrogen (secondary N) is 1. The van der Waals surface area contributed by atoms with E-state index in [0.717, 1.165) is 22.4 Å².